The molecule has 0 atom stereocenters. The van der Waals surface area contributed by atoms with E-state index in [9.17, 15) is 4.79 Å². The summed E-state index contributed by atoms with van der Waals surface area (Å²) >= 11 is 0. The number of benzene rings is 1. The average Bonchev–Trinajstić information content (AvgIpc) is 2.31. The summed E-state index contributed by atoms with van der Waals surface area (Å²) in [5.74, 6) is -0.178. The Kier molecular flexibility index (Phi) is 4.37. The highest BCUT2D eigenvalue weighted by molar-refractivity contribution is 5.87. The van der Waals surface area contributed by atoms with Crippen LogP contribution in [0.3, 0.4) is 0 Å². The van der Waals surface area contributed by atoms with E-state index < -0.39 is 5.97 Å². The topological polar surface area (TPSA) is 55.8 Å². The van der Waals surface area contributed by atoms with Crippen molar-refractivity contribution < 1.29 is 19.7 Å². The molecule has 0 bridgehead atoms. The monoisotopic (exact) mass is 208 g/mol. The van der Waals surface area contributed by atoms with Crippen LogP contribution in [0.5, 0.6) is 5.75 Å². The van der Waals surface area contributed by atoms with Crippen LogP contribution in [-0.4, -0.2) is 11.2 Å². The molecule has 4 nitrogen and oxygen atoms in total. The smallest absolute Gasteiger partial charge is 0.371 e. The zero-order valence-electron chi connectivity index (χ0n) is 8.34. The highest BCUT2D eigenvalue weighted by Crippen LogP contribution is 2.11. The second-order valence-corrected chi connectivity index (χ2v) is 2.81. The molecule has 0 aliphatic carbocycles. The van der Waals surface area contributed by atoms with Gasteiger partial charge in [-0.15, -0.1) is 0 Å². The minimum atomic E-state index is -0.798. The summed E-state index contributed by atoms with van der Waals surface area (Å²) < 4.78 is 5.21. The lowest BCUT2D eigenvalue weighted by molar-refractivity contribution is -0.229. The average molecular weight is 208 g/mol. The van der Waals surface area contributed by atoms with Gasteiger partial charge in [-0.2, -0.15) is 5.26 Å². The van der Waals surface area contributed by atoms with Crippen molar-refractivity contribution in [2.75, 3.05) is 0 Å². The summed E-state index contributed by atoms with van der Waals surface area (Å²) in [5, 5.41) is 8.19. The van der Waals surface area contributed by atoms with Crippen molar-refractivity contribution in [1.29, 1.82) is 0 Å². The summed E-state index contributed by atoms with van der Waals surface area (Å²) in [7, 11) is 0. The quantitative estimate of drug-likeness (QED) is 0.357. The van der Waals surface area contributed by atoms with E-state index in [1.807, 2.05) is 18.2 Å². The Hall–Kier alpha value is -1.81. The second kappa shape index (κ2) is 5.82. The molecule has 0 radical (unpaired) electrons. The van der Waals surface area contributed by atoms with Gasteiger partial charge in [0, 0.05) is 0 Å². The first-order chi connectivity index (χ1) is 7.27. The highest BCUT2D eigenvalue weighted by Gasteiger charge is 2.08. The SMILES string of the molecule is CCC(=COc1ccccc1)C(=O)OO. The zero-order chi connectivity index (χ0) is 11.1. The van der Waals surface area contributed by atoms with Crippen LogP contribution in [0.25, 0.3) is 0 Å². The molecular formula is C11H12O4. The Morgan fingerprint density at radius 2 is 2.07 bits per heavy atom. The van der Waals surface area contributed by atoms with Gasteiger partial charge in [0.1, 0.15) is 12.0 Å². The molecule has 0 aliphatic heterocycles. The van der Waals surface area contributed by atoms with E-state index in [1.165, 1.54) is 6.26 Å². The number of carbonyl (C=O) groups is 1. The fraction of sp³-hybridized carbons (Fsp3) is 0.182. The molecule has 0 amide bonds. The number of para-hydroxylation sites is 1. The first-order valence-electron chi connectivity index (χ1n) is 4.54. The molecule has 0 unspecified atom stereocenters. The number of ether oxygens (including phenoxy) is 1. The Labute approximate surface area is 87.7 Å². The lowest BCUT2D eigenvalue weighted by atomic mass is 10.2. The van der Waals surface area contributed by atoms with E-state index in [0.717, 1.165) is 0 Å². The fourth-order valence-electron chi connectivity index (χ4n) is 0.973. The standard InChI is InChI=1S/C11H12O4/c1-2-9(11(12)15-13)8-14-10-6-4-3-5-7-10/h3-8,13H,2H2,1H3. The van der Waals surface area contributed by atoms with Crippen molar-refractivity contribution >= 4 is 5.97 Å². The molecule has 0 spiro atoms. The third-order valence-electron chi connectivity index (χ3n) is 1.81. The molecule has 1 N–H and O–H groups in total. The van der Waals surface area contributed by atoms with E-state index in [4.69, 9.17) is 9.99 Å². The summed E-state index contributed by atoms with van der Waals surface area (Å²) in [4.78, 5) is 14.5. The van der Waals surface area contributed by atoms with Crippen LogP contribution in [0, 0.1) is 0 Å². The largest absolute Gasteiger partial charge is 0.464 e. The summed E-state index contributed by atoms with van der Waals surface area (Å²) in [6.07, 6.45) is 1.69. The lowest BCUT2D eigenvalue weighted by Crippen LogP contribution is -2.05. The molecule has 15 heavy (non-hydrogen) atoms. The van der Waals surface area contributed by atoms with Gasteiger partial charge in [-0.05, 0) is 18.6 Å². The molecule has 4 heteroatoms. The van der Waals surface area contributed by atoms with E-state index in [1.54, 1.807) is 19.1 Å². The first kappa shape index (κ1) is 11.3. The highest BCUT2D eigenvalue weighted by atomic mass is 17.1. The van der Waals surface area contributed by atoms with Gasteiger partial charge in [0.25, 0.3) is 0 Å². The molecule has 1 rings (SSSR count). The summed E-state index contributed by atoms with van der Waals surface area (Å²) in [5.41, 5.74) is 0.265. The first-order valence-corrected chi connectivity index (χ1v) is 4.54. The third kappa shape index (κ3) is 3.44. The predicted molar refractivity (Wildman–Crippen MR) is 54.2 cm³/mol. The molecular weight excluding hydrogens is 196 g/mol. The zero-order valence-corrected chi connectivity index (χ0v) is 8.34. The van der Waals surface area contributed by atoms with Gasteiger partial charge in [-0.3, -0.25) is 4.89 Å². The molecule has 80 valence electrons. The molecule has 0 fully saturated rings. The van der Waals surface area contributed by atoms with Gasteiger partial charge in [0.05, 0.1) is 5.57 Å². The normalized spacial score (nSPS) is 10.9. The van der Waals surface area contributed by atoms with Crippen molar-refractivity contribution in [3.8, 4) is 5.75 Å². The number of hydrogen-bond acceptors (Lipinski definition) is 4. The van der Waals surface area contributed by atoms with Crippen molar-refractivity contribution in [3.05, 3.63) is 42.2 Å². The Balaban J connectivity index is 2.67. The fourth-order valence-corrected chi connectivity index (χ4v) is 0.973. The molecule has 0 aromatic heterocycles. The lowest BCUT2D eigenvalue weighted by Gasteiger charge is -2.02. The molecule has 0 saturated carbocycles. The van der Waals surface area contributed by atoms with Crippen LogP contribution in [-0.2, 0) is 9.68 Å². The van der Waals surface area contributed by atoms with Gasteiger partial charge >= 0.3 is 5.97 Å². The van der Waals surface area contributed by atoms with E-state index in [-0.39, 0.29) is 5.57 Å². The Morgan fingerprint density at radius 1 is 1.40 bits per heavy atom. The molecule has 0 aliphatic rings. The third-order valence-corrected chi connectivity index (χ3v) is 1.81. The minimum absolute atomic E-state index is 0.265. The molecule has 0 saturated heterocycles. The van der Waals surface area contributed by atoms with Crippen LogP contribution in [0.1, 0.15) is 13.3 Å². The van der Waals surface area contributed by atoms with E-state index >= 15 is 0 Å². The van der Waals surface area contributed by atoms with Gasteiger partial charge in [-0.25, -0.2) is 4.79 Å². The summed E-state index contributed by atoms with van der Waals surface area (Å²) in [6, 6.07) is 9.01. The van der Waals surface area contributed by atoms with Crippen LogP contribution in [0.15, 0.2) is 42.2 Å². The van der Waals surface area contributed by atoms with Gasteiger partial charge in [0.2, 0.25) is 0 Å². The Morgan fingerprint density at radius 3 is 2.60 bits per heavy atom. The number of rotatable bonds is 4. The molecule has 1 aromatic rings. The van der Waals surface area contributed by atoms with Gasteiger partial charge < -0.3 is 4.74 Å². The number of hydrogen-bond donors (Lipinski definition) is 1. The predicted octanol–water partition coefficient (Wildman–Crippen LogP) is 2.38. The van der Waals surface area contributed by atoms with Crippen LogP contribution < -0.4 is 4.74 Å². The number of carbonyl (C=O) groups excluding carboxylic acids is 1. The van der Waals surface area contributed by atoms with Crippen LogP contribution in [0.2, 0.25) is 0 Å². The van der Waals surface area contributed by atoms with Crippen LogP contribution in [0.4, 0.5) is 0 Å². The molecule has 0 heterocycles. The molecule has 1 aromatic carbocycles. The van der Waals surface area contributed by atoms with Gasteiger partial charge in [0.15, 0.2) is 0 Å². The van der Waals surface area contributed by atoms with Crippen molar-refractivity contribution in [2.45, 2.75) is 13.3 Å². The van der Waals surface area contributed by atoms with Crippen molar-refractivity contribution in [1.82, 2.24) is 0 Å². The van der Waals surface area contributed by atoms with Gasteiger partial charge in [-0.1, -0.05) is 25.1 Å². The maximum Gasteiger partial charge on any atom is 0.371 e. The van der Waals surface area contributed by atoms with Crippen molar-refractivity contribution in [2.24, 2.45) is 0 Å². The maximum absolute atomic E-state index is 10.9. The van der Waals surface area contributed by atoms with E-state index in [0.29, 0.717) is 12.2 Å². The second-order valence-electron chi connectivity index (χ2n) is 2.81. The van der Waals surface area contributed by atoms with Crippen molar-refractivity contribution in [3.63, 3.8) is 0 Å². The minimum Gasteiger partial charge on any atom is -0.464 e. The summed E-state index contributed by atoms with van der Waals surface area (Å²) in [6.45, 7) is 1.76. The maximum atomic E-state index is 10.9. The van der Waals surface area contributed by atoms with Crippen LogP contribution >= 0.6 is 0 Å². The van der Waals surface area contributed by atoms with E-state index in [2.05, 4.69) is 4.89 Å². The Bertz CT molecular complexity index is 343.